The van der Waals surface area contributed by atoms with Crippen molar-refractivity contribution in [2.45, 2.75) is 13.5 Å². The maximum absolute atomic E-state index is 12.0. The number of hydrogen-bond acceptors (Lipinski definition) is 2. The lowest BCUT2D eigenvalue weighted by Crippen LogP contribution is -2.22. The maximum Gasteiger partial charge on any atom is 0.267 e. The Morgan fingerprint density at radius 2 is 1.76 bits per heavy atom. The van der Waals surface area contributed by atoms with Crippen LogP contribution in [-0.4, -0.2) is 9.78 Å². The summed E-state index contributed by atoms with van der Waals surface area (Å²) in [5.74, 6) is 0. The molecule has 3 nitrogen and oxygen atoms in total. The molecule has 0 aliphatic carbocycles. The zero-order valence-electron chi connectivity index (χ0n) is 11.9. The van der Waals surface area contributed by atoms with Crippen LogP contribution >= 0.6 is 0 Å². The van der Waals surface area contributed by atoms with Gasteiger partial charge in [-0.2, -0.15) is 5.10 Å². The molecule has 104 valence electrons. The minimum atomic E-state index is -0.0869. The Morgan fingerprint density at radius 1 is 0.952 bits per heavy atom. The molecule has 0 fully saturated rings. The molecule has 0 spiro atoms. The first kappa shape index (κ1) is 13.3. The van der Waals surface area contributed by atoms with Gasteiger partial charge in [0.15, 0.2) is 0 Å². The van der Waals surface area contributed by atoms with Gasteiger partial charge < -0.3 is 0 Å². The quantitative estimate of drug-likeness (QED) is 0.736. The van der Waals surface area contributed by atoms with Gasteiger partial charge in [0, 0.05) is 11.6 Å². The molecule has 21 heavy (non-hydrogen) atoms. The maximum atomic E-state index is 12.0. The molecule has 0 bridgehead atoms. The minimum absolute atomic E-state index is 0.0869. The zero-order chi connectivity index (χ0) is 14.7. The van der Waals surface area contributed by atoms with Crippen LogP contribution in [-0.2, 0) is 6.54 Å². The number of hydrogen-bond donors (Lipinski definition) is 0. The molecule has 0 N–H and O–H groups in total. The van der Waals surface area contributed by atoms with Crippen molar-refractivity contribution in [2.24, 2.45) is 0 Å². The van der Waals surface area contributed by atoms with Crippen LogP contribution in [0, 0.1) is 6.92 Å². The van der Waals surface area contributed by atoms with Gasteiger partial charge in [0.1, 0.15) is 0 Å². The van der Waals surface area contributed by atoms with Crippen molar-refractivity contribution < 1.29 is 0 Å². The van der Waals surface area contributed by atoms with Gasteiger partial charge in [-0.1, -0.05) is 60.2 Å². The van der Waals surface area contributed by atoms with Gasteiger partial charge >= 0.3 is 0 Å². The van der Waals surface area contributed by atoms with Crippen LogP contribution in [0.4, 0.5) is 0 Å². The number of aryl methyl sites for hydroxylation is 1. The van der Waals surface area contributed by atoms with Crippen LogP contribution < -0.4 is 5.56 Å². The third kappa shape index (κ3) is 3.08. The summed E-state index contributed by atoms with van der Waals surface area (Å²) in [5, 5.41) is 4.47. The summed E-state index contributed by atoms with van der Waals surface area (Å²) < 4.78 is 1.51. The lowest BCUT2D eigenvalue weighted by Gasteiger charge is -2.08. The fourth-order valence-electron chi connectivity index (χ4n) is 2.31. The number of rotatable bonds is 3. The molecule has 3 heteroatoms. The van der Waals surface area contributed by atoms with Crippen LogP contribution in [0.2, 0.25) is 0 Å². The second-order valence-corrected chi connectivity index (χ2v) is 5.07. The van der Waals surface area contributed by atoms with E-state index < -0.39 is 0 Å². The van der Waals surface area contributed by atoms with E-state index in [-0.39, 0.29) is 5.56 Å². The van der Waals surface area contributed by atoms with Gasteiger partial charge in [0.2, 0.25) is 0 Å². The Kier molecular flexibility index (Phi) is 3.65. The molecule has 1 heterocycles. The Balaban J connectivity index is 1.97. The first-order valence-electron chi connectivity index (χ1n) is 6.91. The minimum Gasteiger partial charge on any atom is -0.268 e. The fraction of sp³-hybridized carbons (Fsp3) is 0.111. The van der Waals surface area contributed by atoms with Crippen molar-refractivity contribution >= 4 is 0 Å². The molecular weight excluding hydrogens is 260 g/mol. The lowest BCUT2D eigenvalue weighted by atomic mass is 10.1. The number of benzene rings is 2. The highest BCUT2D eigenvalue weighted by Crippen LogP contribution is 2.14. The average molecular weight is 276 g/mol. The summed E-state index contributed by atoms with van der Waals surface area (Å²) in [5.41, 5.74) is 3.99. The molecule has 0 saturated carbocycles. The van der Waals surface area contributed by atoms with Gasteiger partial charge in [0.25, 0.3) is 5.56 Å². The summed E-state index contributed by atoms with van der Waals surface area (Å²) in [4.78, 5) is 12.0. The van der Waals surface area contributed by atoms with E-state index in [1.54, 1.807) is 12.1 Å². The van der Waals surface area contributed by atoms with Crippen LogP contribution in [0.15, 0.2) is 71.5 Å². The number of aromatic nitrogens is 2. The largest absolute Gasteiger partial charge is 0.268 e. The third-order valence-corrected chi connectivity index (χ3v) is 3.35. The molecule has 1 aromatic heterocycles. The second-order valence-electron chi connectivity index (χ2n) is 5.07. The topological polar surface area (TPSA) is 34.9 Å². The Hall–Kier alpha value is -2.68. The normalized spacial score (nSPS) is 10.5. The van der Waals surface area contributed by atoms with Crippen molar-refractivity contribution in [3.8, 4) is 11.3 Å². The molecule has 3 rings (SSSR count). The summed E-state index contributed by atoms with van der Waals surface area (Å²) in [7, 11) is 0. The van der Waals surface area contributed by atoms with Crippen LogP contribution in [0.25, 0.3) is 11.3 Å². The van der Waals surface area contributed by atoms with E-state index in [0.717, 1.165) is 16.8 Å². The number of nitrogens with zero attached hydrogens (tertiary/aromatic N) is 2. The Bertz CT molecular complexity index is 807. The molecule has 0 radical (unpaired) electrons. The fourth-order valence-corrected chi connectivity index (χ4v) is 2.31. The molecule has 0 amide bonds. The SMILES string of the molecule is Cc1cccc(Cn2nc(-c3ccccc3)ccc2=O)c1. The van der Waals surface area contributed by atoms with Crippen LogP contribution in [0.3, 0.4) is 0 Å². The molecule has 0 aliphatic heterocycles. The third-order valence-electron chi connectivity index (χ3n) is 3.35. The molecule has 3 aromatic rings. The van der Waals surface area contributed by atoms with Gasteiger partial charge in [-0.15, -0.1) is 0 Å². The molecule has 0 unspecified atom stereocenters. The van der Waals surface area contributed by atoms with Crippen LogP contribution in [0.1, 0.15) is 11.1 Å². The molecular formula is C18H16N2O. The first-order valence-corrected chi connectivity index (χ1v) is 6.91. The van der Waals surface area contributed by atoms with Gasteiger partial charge in [-0.05, 0) is 18.6 Å². The van der Waals surface area contributed by atoms with Gasteiger partial charge in [-0.25, -0.2) is 4.68 Å². The van der Waals surface area contributed by atoms with Gasteiger partial charge in [0.05, 0.1) is 12.2 Å². The van der Waals surface area contributed by atoms with E-state index in [1.807, 2.05) is 55.5 Å². The van der Waals surface area contributed by atoms with Crippen molar-refractivity contribution in [3.63, 3.8) is 0 Å². The predicted molar refractivity (Wildman–Crippen MR) is 84.2 cm³/mol. The highest BCUT2D eigenvalue weighted by atomic mass is 16.1. The molecule has 2 aromatic carbocycles. The molecule has 0 atom stereocenters. The van der Waals surface area contributed by atoms with Crippen LogP contribution in [0.5, 0.6) is 0 Å². The van der Waals surface area contributed by atoms with Crippen molar-refractivity contribution in [1.82, 2.24) is 9.78 Å². The Morgan fingerprint density at radius 3 is 2.52 bits per heavy atom. The summed E-state index contributed by atoms with van der Waals surface area (Å²) in [6, 6.07) is 21.3. The van der Waals surface area contributed by atoms with E-state index in [1.165, 1.54) is 10.2 Å². The second kappa shape index (κ2) is 5.75. The lowest BCUT2D eigenvalue weighted by molar-refractivity contribution is 0.642. The standard InChI is InChI=1S/C18H16N2O/c1-14-6-5-7-15(12-14)13-20-18(21)11-10-17(19-20)16-8-3-2-4-9-16/h2-12H,13H2,1H3. The first-order chi connectivity index (χ1) is 10.2. The summed E-state index contributed by atoms with van der Waals surface area (Å²) >= 11 is 0. The van der Waals surface area contributed by atoms with E-state index in [9.17, 15) is 4.79 Å². The van der Waals surface area contributed by atoms with Crippen molar-refractivity contribution in [1.29, 1.82) is 0 Å². The smallest absolute Gasteiger partial charge is 0.267 e. The van der Waals surface area contributed by atoms with E-state index in [2.05, 4.69) is 11.2 Å². The summed E-state index contributed by atoms with van der Waals surface area (Å²) in [6.07, 6.45) is 0. The highest BCUT2D eigenvalue weighted by molar-refractivity contribution is 5.57. The average Bonchev–Trinajstić information content (AvgIpc) is 2.50. The van der Waals surface area contributed by atoms with Crippen molar-refractivity contribution in [2.75, 3.05) is 0 Å². The Labute approximate surface area is 123 Å². The van der Waals surface area contributed by atoms with E-state index in [4.69, 9.17) is 0 Å². The zero-order valence-corrected chi connectivity index (χ0v) is 11.9. The van der Waals surface area contributed by atoms with E-state index in [0.29, 0.717) is 6.54 Å². The van der Waals surface area contributed by atoms with Gasteiger partial charge in [-0.3, -0.25) is 4.79 Å². The highest BCUT2D eigenvalue weighted by Gasteiger charge is 2.04. The van der Waals surface area contributed by atoms with E-state index >= 15 is 0 Å². The summed E-state index contributed by atoms with van der Waals surface area (Å²) in [6.45, 7) is 2.53. The predicted octanol–water partition coefficient (Wildman–Crippen LogP) is 3.27. The molecule has 0 saturated heterocycles. The monoisotopic (exact) mass is 276 g/mol. The molecule has 0 aliphatic rings. The van der Waals surface area contributed by atoms with Crippen molar-refractivity contribution in [3.05, 3.63) is 88.2 Å².